The number of nitrogens with one attached hydrogen (secondary N) is 3. The maximum Gasteiger partial charge on any atom is 0.269 e. The quantitative estimate of drug-likeness (QED) is 0.314. The summed E-state index contributed by atoms with van der Waals surface area (Å²) < 4.78 is 0. The van der Waals surface area contributed by atoms with Crippen molar-refractivity contribution in [3.05, 3.63) is 45.1 Å². The van der Waals surface area contributed by atoms with Crippen LogP contribution in [0.4, 0.5) is 23.1 Å². The topological polar surface area (TPSA) is 108 Å². The first-order valence-corrected chi connectivity index (χ1v) is 12.4. The second kappa shape index (κ2) is 10.5. The molecule has 10 heteroatoms. The second-order valence-corrected chi connectivity index (χ2v) is 9.85. The first-order chi connectivity index (χ1) is 16.3. The smallest absolute Gasteiger partial charge is 0.269 e. The summed E-state index contributed by atoms with van der Waals surface area (Å²) in [6, 6.07) is 5.36. The molecule has 0 spiro atoms. The Labute approximate surface area is 205 Å². The van der Waals surface area contributed by atoms with Gasteiger partial charge in [0.15, 0.2) is 5.11 Å². The Kier molecular flexibility index (Phi) is 7.45. The van der Waals surface area contributed by atoms with Crippen molar-refractivity contribution in [2.45, 2.75) is 70.4 Å². The summed E-state index contributed by atoms with van der Waals surface area (Å²) in [5.74, 6) is 1.78. The van der Waals surface area contributed by atoms with Crippen LogP contribution < -0.4 is 20.9 Å². The van der Waals surface area contributed by atoms with E-state index in [0.29, 0.717) is 11.2 Å². The van der Waals surface area contributed by atoms with Crippen LogP contribution in [0.1, 0.15) is 55.3 Å². The fourth-order valence-electron chi connectivity index (χ4n) is 4.82. The van der Waals surface area contributed by atoms with Crippen LogP contribution in [0, 0.1) is 17.0 Å². The Hall–Kier alpha value is -3.01. The molecule has 1 aromatic carbocycles. The first-order valence-electron chi connectivity index (χ1n) is 12.0. The number of thiocarbonyl (C=S) groups is 1. The summed E-state index contributed by atoms with van der Waals surface area (Å²) in [7, 11) is 4.10. The minimum absolute atomic E-state index is 0.0772. The highest BCUT2D eigenvalue weighted by Gasteiger charge is 2.24. The Morgan fingerprint density at radius 2 is 1.82 bits per heavy atom. The molecule has 182 valence electrons. The van der Waals surface area contributed by atoms with Crippen LogP contribution in [0.25, 0.3) is 0 Å². The number of nitro groups is 1. The summed E-state index contributed by atoms with van der Waals surface area (Å²) in [6.07, 6.45) is 8.50. The summed E-state index contributed by atoms with van der Waals surface area (Å²) >= 11 is 5.49. The lowest BCUT2D eigenvalue weighted by atomic mass is 9.91. The molecule has 0 aliphatic heterocycles. The predicted molar refractivity (Wildman–Crippen MR) is 140 cm³/mol. The molecule has 2 aromatic rings. The average Bonchev–Trinajstić information content (AvgIpc) is 2.81. The first kappa shape index (κ1) is 24.1. The van der Waals surface area contributed by atoms with E-state index in [9.17, 15) is 10.1 Å². The number of hydrogen-bond acceptors (Lipinski definition) is 7. The fraction of sp³-hybridized carbons (Fsp3) is 0.542. The Morgan fingerprint density at radius 3 is 2.50 bits per heavy atom. The van der Waals surface area contributed by atoms with Crippen LogP contribution in [0.2, 0.25) is 0 Å². The molecule has 0 unspecified atom stereocenters. The molecule has 0 radical (unpaired) electrons. The van der Waals surface area contributed by atoms with Crippen LogP contribution in [0.5, 0.6) is 0 Å². The third-order valence-corrected chi connectivity index (χ3v) is 6.87. The van der Waals surface area contributed by atoms with Crippen LogP contribution in [0.15, 0.2) is 18.2 Å². The zero-order valence-corrected chi connectivity index (χ0v) is 20.9. The number of aryl methyl sites for hydroxylation is 2. The molecule has 1 saturated carbocycles. The Bertz CT molecular complexity index is 1070. The molecule has 2 aliphatic carbocycles. The summed E-state index contributed by atoms with van der Waals surface area (Å²) in [5.41, 5.74) is 4.14. The molecule has 4 rings (SSSR count). The van der Waals surface area contributed by atoms with Gasteiger partial charge in [-0.3, -0.25) is 10.1 Å². The molecule has 3 N–H and O–H groups in total. The third-order valence-electron chi connectivity index (χ3n) is 6.65. The van der Waals surface area contributed by atoms with E-state index in [0.717, 1.165) is 61.5 Å². The van der Waals surface area contributed by atoms with E-state index >= 15 is 0 Å². The SMILES string of the molecule is Cc1cc([N+](=O)[O-])ccc1NC(=S)N[C@H]1CC[C@@H](Nc2nc3c(c(N(C)C)n2)CCCC3)CC1. The molecule has 1 heterocycles. The van der Waals surface area contributed by atoms with Crippen molar-refractivity contribution in [3.63, 3.8) is 0 Å². The van der Waals surface area contributed by atoms with E-state index in [1.54, 1.807) is 12.1 Å². The minimum atomic E-state index is -0.393. The third kappa shape index (κ3) is 5.72. The monoisotopic (exact) mass is 483 g/mol. The molecule has 1 aromatic heterocycles. The molecule has 2 aliphatic rings. The minimum Gasteiger partial charge on any atom is -0.362 e. The Balaban J connectivity index is 1.30. The van der Waals surface area contributed by atoms with Crippen molar-refractivity contribution >= 4 is 40.5 Å². The molecule has 0 saturated heterocycles. The van der Waals surface area contributed by atoms with E-state index in [4.69, 9.17) is 22.2 Å². The van der Waals surface area contributed by atoms with E-state index in [2.05, 4.69) is 20.9 Å². The van der Waals surface area contributed by atoms with E-state index < -0.39 is 4.92 Å². The molecule has 0 amide bonds. The van der Waals surface area contributed by atoms with E-state index in [1.807, 2.05) is 21.0 Å². The van der Waals surface area contributed by atoms with Gasteiger partial charge in [-0.25, -0.2) is 4.98 Å². The maximum atomic E-state index is 10.9. The maximum absolute atomic E-state index is 10.9. The summed E-state index contributed by atoms with van der Waals surface area (Å²) in [6.45, 7) is 1.83. The van der Waals surface area contributed by atoms with Crippen LogP contribution in [-0.2, 0) is 12.8 Å². The predicted octanol–water partition coefficient (Wildman–Crippen LogP) is 4.35. The number of benzene rings is 1. The number of rotatable bonds is 6. The van der Waals surface area contributed by atoms with E-state index in [1.165, 1.54) is 30.2 Å². The highest BCUT2D eigenvalue weighted by atomic mass is 32.1. The number of nitro benzene ring substituents is 1. The second-order valence-electron chi connectivity index (χ2n) is 9.45. The van der Waals surface area contributed by atoms with E-state index in [-0.39, 0.29) is 11.7 Å². The zero-order valence-electron chi connectivity index (χ0n) is 20.1. The van der Waals surface area contributed by atoms with Gasteiger partial charge in [-0.1, -0.05) is 0 Å². The molecule has 1 fully saturated rings. The van der Waals surface area contributed by atoms with Crippen molar-refractivity contribution in [3.8, 4) is 0 Å². The summed E-state index contributed by atoms with van der Waals surface area (Å²) in [5, 5.41) is 21.6. The number of fused-ring (bicyclic) bond motifs is 1. The molecular weight excluding hydrogens is 450 g/mol. The zero-order chi connectivity index (χ0) is 24.2. The van der Waals surface area contributed by atoms with Crippen LogP contribution >= 0.6 is 12.2 Å². The molecular formula is C24H33N7O2S. The van der Waals surface area contributed by atoms with Gasteiger partial charge in [0.2, 0.25) is 5.95 Å². The highest BCUT2D eigenvalue weighted by Crippen LogP contribution is 2.29. The number of anilines is 3. The average molecular weight is 484 g/mol. The van der Waals surface area contributed by atoms with Gasteiger partial charge in [-0.2, -0.15) is 4.98 Å². The lowest BCUT2D eigenvalue weighted by Crippen LogP contribution is -2.42. The van der Waals surface area contributed by atoms with Gasteiger partial charge >= 0.3 is 0 Å². The lowest BCUT2D eigenvalue weighted by molar-refractivity contribution is -0.384. The van der Waals surface area contributed by atoms with Crippen molar-refractivity contribution in [2.75, 3.05) is 29.6 Å². The highest BCUT2D eigenvalue weighted by molar-refractivity contribution is 7.80. The lowest BCUT2D eigenvalue weighted by Gasteiger charge is -2.31. The largest absolute Gasteiger partial charge is 0.362 e. The van der Waals surface area contributed by atoms with Gasteiger partial charge in [-0.15, -0.1) is 0 Å². The molecule has 34 heavy (non-hydrogen) atoms. The molecule has 0 atom stereocenters. The standard InChI is InChI=1S/C24H33N7O2S/c1-15-14-18(31(32)33)12-13-20(15)28-24(34)26-17-10-8-16(9-11-17)25-23-27-21-7-5-4-6-19(21)22(29-23)30(2)3/h12-14,16-17H,4-11H2,1-3H3,(H,25,27,29)(H2,26,28,34)/t16-,17+. The van der Waals surface area contributed by atoms with Gasteiger partial charge in [0.1, 0.15) is 5.82 Å². The molecule has 9 nitrogen and oxygen atoms in total. The Morgan fingerprint density at radius 1 is 1.12 bits per heavy atom. The normalized spacial score (nSPS) is 19.6. The fourth-order valence-corrected chi connectivity index (χ4v) is 5.10. The number of aromatic nitrogens is 2. The summed E-state index contributed by atoms with van der Waals surface area (Å²) in [4.78, 5) is 22.3. The van der Waals surface area contributed by atoms with Gasteiger partial charge < -0.3 is 20.9 Å². The number of non-ortho nitro benzene ring substituents is 1. The van der Waals surface area contributed by atoms with Crippen molar-refractivity contribution in [1.29, 1.82) is 0 Å². The number of nitrogens with zero attached hydrogens (tertiary/aromatic N) is 4. The van der Waals surface area contributed by atoms with Crippen molar-refractivity contribution < 1.29 is 4.92 Å². The van der Waals surface area contributed by atoms with Crippen molar-refractivity contribution in [1.82, 2.24) is 15.3 Å². The number of hydrogen-bond donors (Lipinski definition) is 3. The van der Waals surface area contributed by atoms with Gasteiger partial charge in [0.25, 0.3) is 5.69 Å². The van der Waals surface area contributed by atoms with Crippen molar-refractivity contribution in [2.24, 2.45) is 0 Å². The van der Waals surface area contributed by atoms with Crippen LogP contribution in [-0.4, -0.2) is 46.2 Å². The van der Waals surface area contributed by atoms with Gasteiger partial charge in [-0.05, 0) is 82.1 Å². The van der Waals surface area contributed by atoms with Gasteiger partial charge in [0.05, 0.1) is 10.6 Å². The van der Waals surface area contributed by atoms with Crippen LogP contribution in [0.3, 0.4) is 0 Å². The van der Waals surface area contributed by atoms with Gasteiger partial charge in [0, 0.05) is 49.6 Å². The molecule has 0 bridgehead atoms.